The predicted octanol–water partition coefficient (Wildman–Crippen LogP) is 2.61. The van der Waals surface area contributed by atoms with Crippen molar-refractivity contribution in [1.82, 2.24) is 4.90 Å². The summed E-state index contributed by atoms with van der Waals surface area (Å²) in [5.74, 6) is -0.338. The summed E-state index contributed by atoms with van der Waals surface area (Å²) < 4.78 is 0. The quantitative estimate of drug-likeness (QED) is 0.831. The van der Waals surface area contributed by atoms with Gasteiger partial charge in [-0.2, -0.15) is 0 Å². The fourth-order valence-corrected chi connectivity index (χ4v) is 2.80. The molecule has 4 heteroatoms. The summed E-state index contributed by atoms with van der Waals surface area (Å²) in [6, 6.07) is 7.30. The number of aliphatic hydroxyl groups excluding tert-OH is 1. The maximum atomic E-state index is 11.8. The van der Waals surface area contributed by atoms with Gasteiger partial charge in [-0.3, -0.25) is 4.79 Å². The van der Waals surface area contributed by atoms with E-state index in [1.807, 2.05) is 12.1 Å². The molecule has 2 heterocycles. The van der Waals surface area contributed by atoms with Crippen molar-refractivity contribution in [3.05, 3.63) is 40.6 Å². The first-order valence-electron chi connectivity index (χ1n) is 5.68. The van der Waals surface area contributed by atoms with E-state index in [2.05, 4.69) is 0 Å². The molecule has 17 heavy (non-hydrogen) atoms. The van der Waals surface area contributed by atoms with Gasteiger partial charge in [-0.25, -0.2) is 0 Å². The first kappa shape index (κ1) is 10.7. The second-order valence-electron chi connectivity index (χ2n) is 4.43. The fourth-order valence-electron chi connectivity index (χ4n) is 2.68. The number of hydrogen-bond donors (Lipinski definition) is 1. The second kappa shape index (κ2) is 3.77. The molecule has 1 saturated heterocycles. The van der Waals surface area contributed by atoms with E-state index in [9.17, 15) is 9.90 Å². The molecule has 2 aliphatic heterocycles. The zero-order valence-corrected chi connectivity index (χ0v) is 9.94. The van der Waals surface area contributed by atoms with Crippen LogP contribution in [-0.4, -0.2) is 28.5 Å². The minimum atomic E-state index is -0.238. The lowest BCUT2D eigenvalue weighted by Gasteiger charge is -2.17. The first-order chi connectivity index (χ1) is 8.18. The smallest absolute Gasteiger partial charge is 0.289 e. The molecule has 0 spiro atoms. The molecule has 0 aliphatic carbocycles. The average Bonchev–Trinajstić information content (AvgIpc) is 2.87. The van der Waals surface area contributed by atoms with Crippen LogP contribution in [0.3, 0.4) is 0 Å². The second-order valence-corrected chi connectivity index (χ2v) is 4.86. The van der Waals surface area contributed by atoms with Crippen LogP contribution in [0.4, 0.5) is 0 Å². The van der Waals surface area contributed by atoms with E-state index in [1.165, 1.54) is 0 Å². The molecular weight excluding hydrogens is 238 g/mol. The number of nitrogens with zero attached hydrogens (tertiary/aromatic N) is 1. The normalized spacial score (nSPS) is 23.5. The van der Waals surface area contributed by atoms with Crippen LogP contribution in [0.15, 0.2) is 30.0 Å². The van der Waals surface area contributed by atoms with E-state index >= 15 is 0 Å². The van der Waals surface area contributed by atoms with Gasteiger partial charge in [0.1, 0.15) is 0 Å². The summed E-state index contributed by atoms with van der Waals surface area (Å²) in [5, 5.41) is 10.6. The Labute approximate surface area is 104 Å². The van der Waals surface area contributed by atoms with E-state index in [-0.39, 0.29) is 17.7 Å². The third-order valence-corrected chi connectivity index (χ3v) is 3.71. The molecule has 1 aromatic carbocycles. The molecule has 1 atom stereocenters. The van der Waals surface area contributed by atoms with Crippen LogP contribution < -0.4 is 0 Å². The Hall–Kier alpha value is -1.48. The van der Waals surface area contributed by atoms with Crippen molar-refractivity contribution in [3.8, 4) is 0 Å². The Kier molecular flexibility index (Phi) is 2.37. The van der Waals surface area contributed by atoms with Crippen LogP contribution in [0.2, 0.25) is 5.02 Å². The largest absolute Gasteiger partial charge is 0.503 e. The Morgan fingerprint density at radius 3 is 2.71 bits per heavy atom. The summed E-state index contributed by atoms with van der Waals surface area (Å²) in [6.07, 6.45) is 1.93. The number of carbonyl (C=O) groups is 1. The average molecular weight is 250 g/mol. The van der Waals surface area contributed by atoms with Gasteiger partial charge in [-0.1, -0.05) is 23.7 Å². The van der Waals surface area contributed by atoms with Crippen molar-refractivity contribution in [1.29, 1.82) is 0 Å². The Morgan fingerprint density at radius 2 is 2.00 bits per heavy atom. The van der Waals surface area contributed by atoms with Crippen LogP contribution in [0.25, 0.3) is 5.57 Å². The van der Waals surface area contributed by atoms with E-state index in [0.29, 0.717) is 5.02 Å². The van der Waals surface area contributed by atoms with Gasteiger partial charge in [-0.05, 0) is 30.5 Å². The molecule has 0 saturated carbocycles. The molecule has 88 valence electrons. The standard InChI is InChI=1S/C13H12ClNO2/c14-9-5-3-8(4-6-9)11-10-2-1-7-15(10)13(17)12(11)16/h3-6,10,16H,1-2,7H2. The Morgan fingerprint density at radius 1 is 1.29 bits per heavy atom. The molecule has 0 bridgehead atoms. The highest BCUT2D eigenvalue weighted by molar-refractivity contribution is 6.30. The summed E-state index contributed by atoms with van der Waals surface area (Å²) >= 11 is 5.84. The number of halogens is 1. The van der Waals surface area contributed by atoms with Gasteiger partial charge < -0.3 is 10.0 Å². The molecular formula is C13H12ClNO2. The predicted molar refractivity (Wildman–Crippen MR) is 65.7 cm³/mol. The van der Waals surface area contributed by atoms with Crippen molar-refractivity contribution in [2.24, 2.45) is 0 Å². The van der Waals surface area contributed by atoms with Gasteiger partial charge in [0.05, 0.1) is 6.04 Å². The summed E-state index contributed by atoms with van der Waals surface area (Å²) in [4.78, 5) is 13.6. The highest BCUT2D eigenvalue weighted by Crippen LogP contribution is 2.38. The van der Waals surface area contributed by atoms with Crippen molar-refractivity contribution in [2.45, 2.75) is 18.9 Å². The topological polar surface area (TPSA) is 40.5 Å². The van der Waals surface area contributed by atoms with Gasteiger partial charge in [-0.15, -0.1) is 0 Å². The number of fused-ring (bicyclic) bond motifs is 1. The number of benzene rings is 1. The van der Waals surface area contributed by atoms with Crippen LogP contribution in [0.1, 0.15) is 18.4 Å². The molecule has 1 aromatic rings. The number of aliphatic hydroxyl groups is 1. The van der Waals surface area contributed by atoms with E-state index < -0.39 is 0 Å². The molecule has 1 N–H and O–H groups in total. The third kappa shape index (κ3) is 1.53. The lowest BCUT2D eigenvalue weighted by Crippen LogP contribution is -2.29. The highest BCUT2D eigenvalue weighted by Gasteiger charge is 2.42. The van der Waals surface area contributed by atoms with Crippen molar-refractivity contribution < 1.29 is 9.90 Å². The van der Waals surface area contributed by atoms with E-state index in [0.717, 1.165) is 30.5 Å². The summed E-state index contributed by atoms with van der Waals surface area (Å²) in [7, 11) is 0. The molecule has 2 aliphatic rings. The summed E-state index contributed by atoms with van der Waals surface area (Å²) in [6.45, 7) is 0.741. The number of carbonyl (C=O) groups excluding carboxylic acids is 1. The van der Waals surface area contributed by atoms with Crippen molar-refractivity contribution in [2.75, 3.05) is 6.54 Å². The summed E-state index contributed by atoms with van der Waals surface area (Å²) in [5.41, 5.74) is 1.64. The number of hydrogen-bond acceptors (Lipinski definition) is 2. The SMILES string of the molecule is O=C1C(O)=C(c2ccc(Cl)cc2)C2CCCN12. The zero-order chi connectivity index (χ0) is 12.0. The Balaban J connectivity index is 2.07. The fraction of sp³-hybridized carbons (Fsp3) is 0.308. The van der Waals surface area contributed by atoms with E-state index in [1.54, 1.807) is 17.0 Å². The van der Waals surface area contributed by atoms with E-state index in [4.69, 9.17) is 11.6 Å². The van der Waals surface area contributed by atoms with Gasteiger partial charge in [0.15, 0.2) is 5.76 Å². The molecule has 0 radical (unpaired) electrons. The van der Waals surface area contributed by atoms with Crippen LogP contribution in [0, 0.1) is 0 Å². The van der Waals surface area contributed by atoms with Gasteiger partial charge in [0.2, 0.25) is 0 Å². The van der Waals surface area contributed by atoms with Crippen LogP contribution >= 0.6 is 11.6 Å². The minimum absolute atomic E-state index is 0.0451. The lowest BCUT2D eigenvalue weighted by molar-refractivity contribution is -0.128. The van der Waals surface area contributed by atoms with Gasteiger partial charge >= 0.3 is 0 Å². The molecule has 1 unspecified atom stereocenters. The first-order valence-corrected chi connectivity index (χ1v) is 6.06. The molecule has 1 fully saturated rings. The zero-order valence-electron chi connectivity index (χ0n) is 9.19. The highest BCUT2D eigenvalue weighted by atomic mass is 35.5. The van der Waals surface area contributed by atoms with Gasteiger partial charge in [0, 0.05) is 17.1 Å². The lowest BCUT2D eigenvalue weighted by atomic mass is 9.98. The molecule has 0 aromatic heterocycles. The molecule has 1 amide bonds. The van der Waals surface area contributed by atoms with Gasteiger partial charge in [0.25, 0.3) is 5.91 Å². The number of rotatable bonds is 1. The third-order valence-electron chi connectivity index (χ3n) is 3.46. The maximum absolute atomic E-state index is 11.8. The van der Waals surface area contributed by atoms with Crippen molar-refractivity contribution in [3.63, 3.8) is 0 Å². The van der Waals surface area contributed by atoms with Crippen molar-refractivity contribution >= 4 is 23.1 Å². The Bertz CT molecular complexity index is 507. The molecule has 3 nitrogen and oxygen atoms in total. The maximum Gasteiger partial charge on any atom is 0.289 e. The minimum Gasteiger partial charge on any atom is -0.503 e. The number of amides is 1. The van der Waals surface area contributed by atoms with Crippen LogP contribution in [0.5, 0.6) is 0 Å². The molecule has 3 rings (SSSR count). The van der Waals surface area contributed by atoms with Crippen LogP contribution in [-0.2, 0) is 4.79 Å². The monoisotopic (exact) mass is 249 g/mol.